The minimum atomic E-state index is 0. The van der Waals surface area contributed by atoms with Crippen molar-refractivity contribution in [3.05, 3.63) is 15.6 Å². The maximum Gasteiger partial charge on any atom is 0.263 e. The van der Waals surface area contributed by atoms with Crippen LogP contribution in [0.3, 0.4) is 0 Å². The maximum atomic E-state index is 12.5. The summed E-state index contributed by atoms with van der Waals surface area (Å²) in [6, 6.07) is 0.570. The van der Waals surface area contributed by atoms with Crippen LogP contribution in [0.1, 0.15) is 54.0 Å². The summed E-state index contributed by atoms with van der Waals surface area (Å²) >= 11 is 1.51. The number of thiazole rings is 1. The number of piperidine rings is 1. The number of rotatable bonds is 4. The molecule has 0 aliphatic carbocycles. The Morgan fingerprint density at radius 2 is 2.14 bits per heavy atom. The van der Waals surface area contributed by atoms with Gasteiger partial charge in [0, 0.05) is 12.1 Å². The maximum absolute atomic E-state index is 12.5. The Morgan fingerprint density at radius 1 is 1.45 bits per heavy atom. The minimum Gasteiger partial charge on any atom is -0.347 e. The molecule has 1 amide bonds. The SMILES string of the molecule is Cc1nc(CC(C)C)c(C(=O)NC2CCCNC2C)s1.Cl.Cl. The number of hydrogen-bond acceptors (Lipinski definition) is 4. The first-order valence-corrected chi connectivity index (χ1v) is 8.29. The summed E-state index contributed by atoms with van der Waals surface area (Å²) in [4.78, 5) is 17.8. The van der Waals surface area contributed by atoms with Crippen LogP contribution in [0.2, 0.25) is 0 Å². The predicted molar refractivity (Wildman–Crippen MR) is 97.8 cm³/mol. The molecule has 1 aromatic heterocycles. The molecular weight excluding hydrogens is 341 g/mol. The van der Waals surface area contributed by atoms with E-state index in [0.29, 0.717) is 12.0 Å². The molecule has 4 nitrogen and oxygen atoms in total. The molecule has 7 heteroatoms. The van der Waals surface area contributed by atoms with E-state index in [4.69, 9.17) is 0 Å². The van der Waals surface area contributed by atoms with Crippen molar-refractivity contribution in [1.29, 1.82) is 0 Å². The third-order valence-electron chi connectivity index (χ3n) is 3.69. The van der Waals surface area contributed by atoms with Gasteiger partial charge in [0.25, 0.3) is 5.91 Å². The van der Waals surface area contributed by atoms with Gasteiger partial charge in [-0.3, -0.25) is 4.79 Å². The summed E-state index contributed by atoms with van der Waals surface area (Å²) in [7, 11) is 0. The van der Waals surface area contributed by atoms with Crippen LogP contribution in [0, 0.1) is 12.8 Å². The lowest BCUT2D eigenvalue weighted by molar-refractivity contribution is 0.0922. The van der Waals surface area contributed by atoms with E-state index >= 15 is 0 Å². The lowest BCUT2D eigenvalue weighted by Crippen LogP contribution is -2.51. The van der Waals surface area contributed by atoms with Gasteiger partial charge >= 0.3 is 0 Å². The van der Waals surface area contributed by atoms with Gasteiger partial charge in [-0.2, -0.15) is 0 Å². The van der Waals surface area contributed by atoms with Crippen molar-refractivity contribution < 1.29 is 4.79 Å². The first kappa shape index (κ1) is 21.6. The molecule has 1 saturated heterocycles. The average Bonchev–Trinajstić information content (AvgIpc) is 2.72. The van der Waals surface area contributed by atoms with Crippen molar-refractivity contribution in [1.82, 2.24) is 15.6 Å². The first-order chi connectivity index (χ1) is 9.47. The number of nitrogens with one attached hydrogen (secondary N) is 2. The van der Waals surface area contributed by atoms with Gasteiger partial charge in [0.1, 0.15) is 4.88 Å². The Hall–Kier alpha value is -0.360. The highest BCUT2D eigenvalue weighted by atomic mass is 35.5. The lowest BCUT2D eigenvalue weighted by atomic mass is 9.99. The smallest absolute Gasteiger partial charge is 0.263 e. The number of hydrogen-bond donors (Lipinski definition) is 2. The summed E-state index contributed by atoms with van der Waals surface area (Å²) < 4.78 is 0. The molecule has 1 aromatic rings. The Labute approximate surface area is 149 Å². The first-order valence-electron chi connectivity index (χ1n) is 7.48. The molecule has 0 spiro atoms. The largest absolute Gasteiger partial charge is 0.347 e. The van der Waals surface area contributed by atoms with Crippen molar-refractivity contribution >= 4 is 42.1 Å². The van der Waals surface area contributed by atoms with Crippen LogP contribution >= 0.6 is 36.2 Å². The van der Waals surface area contributed by atoms with E-state index in [1.165, 1.54) is 11.3 Å². The molecule has 0 saturated carbocycles. The molecule has 22 heavy (non-hydrogen) atoms. The van der Waals surface area contributed by atoms with Gasteiger partial charge in [0.05, 0.1) is 10.7 Å². The molecule has 1 aliphatic heterocycles. The number of halogens is 2. The highest BCUT2D eigenvalue weighted by molar-refractivity contribution is 7.13. The minimum absolute atomic E-state index is 0. The van der Waals surface area contributed by atoms with E-state index in [2.05, 4.69) is 36.4 Å². The van der Waals surface area contributed by atoms with Gasteiger partial charge in [0.15, 0.2) is 0 Å². The second-order valence-electron chi connectivity index (χ2n) is 6.07. The van der Waals surface area contributed by atoms with Crippen LogP contribution < -0.4 is 10.6 Å². The molecule has 2 N–H and O–H groups in total. The van der Waals surface area contributed by atoms with Gasteiger partial charge in [0.2, 0.25) is 0 Å². The molecule has 0 radical (unpaired) electrons. The van der Waals surface area contributed by atoms with Gasteiger partial charge in [-0.25, -0.2) is 4.98 Å². The zero-order valence-corrected chi connectivity index (χ0v) is 16.1. The topological polar surface area (TPSA) is 54.0 Å². The zero-order valence-electron chi connectivity index (χ0n) is 13.6. The van der Waals surface area contributed by atoms with Gasteiger partial charge in [-0.15, -0.1) is 36.2 Å². The van der Waals surface area contributed by atoms with Crippen LogP contribution in [-0.2, 0) is 6.42 Å². The van der Waals surface area contributed by atoms with Crippen molar-refractivity contribution in [3.8, 4) is 0 Å². The summed E-state index contributed by atoms with van der Waals surface area (Å²) in [5.41, 5.74) is 0.955. The van der Waals surface area contributed by atoms with E-state index in [9.17, 15) is 4.79 Å². The fourth-order valence-electron chi connectivity index (χ4n) is 2.65. The number of nitrogens with zero attached hydrogens (tertiary/aromatic N) is 1. The molecule has 2 rings (SSSR count). The van der Waals surface area contributed by atoms with E-state index in [1.54, 1.807) is 0 Å². The molecule has 0 bridgehead atoms. The fraction of sp³-hybridized carbons (Fsp3) is 0.733. The number of amides is 1. The Bertz CT molecular complexity index is 479. The predicted octanol–water partition coefficient (Wildman–Crippen LogP) is 3.36. The van der Waals surface area contributed by atoms with Crippen molar-refractivity contribution in [2.24, 2.45) is 5.92 Å². The van der Waals surface area contributed by atoms with Gasteiger partial charge in [-0.05, 0) is 45.6 Å². The molecule has 2 unspecified atom stereocenters. The third-order valence-corrected chi connectivity index (χ3v) is 4.70. The standard InChI is InChI=1S/C15H25N3OS.2ClH/c1-9(2)8-13-14(20-11(4)17-13)15(19)18-12-6-5-7-16-10(12)3;;/h9-10,12,16H,5-8H2,1-4H3,(H,18,19);2*1H. The van der Waals surface area contributed by atoms with Crippen LogP contribution in [0.5, 0.6) is 0 Å². The summed E-state index contributed by atoms with van der Waals surface area (Å²) in [5.74, 6) is 0.560. The summed E-state index contributed by atoms with van der Waals surface area (Å²) in [6.45, 7) is 9.46. The van der Waals surface area contributed by atoms with E-state index in [-0.39, 0.29) is 36.8 Å². The van der Waals surface area contributed by atoms with E-state index in [0.717, 1.165) is 41.4 Å². The average molecular weight is 368 g/mol. The summed E-state index contributed by atoms with van der Waals surface area (Å²) in [5, 5.41) is 7.57. The monoisotopic (exact) mass is 367 g/mol. The number of aromatic nitrogens is 1. The quantitative estimate of drug-likeness (QED) is 0.857. The Kier molecular flexibility index (Phi) is 9.55. The van der Waals surface area contributed by atoms with Crippen LogP contribution in [0.15, 0.2) is 0 Å². The Morgan fingerprint density at radius 3 is 2.73 bits per heavy atom. The van der Waals surface area contributed by atoms with Crippen molar-refractivity contribution in [3.63, 3.8) is 0 Å². The molecule has 0 aromatic carbocycles. The van der Waals surface area contributed by atoms with Crippen molar-refractivity contribution in [2.45, 2.75) is 59.0 Å². The van der Waals surface area contributed by atoms with Crippen LogP contribution in [0.25, 0.3) is 0 Å². The van der Waals surface area contributed by atoms with Crippen LogP contribution in [0.4, 0.5) is 0 Å². The molecule has 2 heterocycles. The van der Waals surface area contributed by atoms with Crippen molar-refractivity contribution in [2.75, 3.05) is 6.54 Å². The second-order valence-corrected chi connectivity index (χ2v) is 7.27. The highest BCUT2D eigenvalue weighted by Crippen LogP contribution is 2.21. The molecule has 128 valence electrons. The zero-order chi connectivity index (χ0) is 14.7. The van der Waals surface area contributed by atoms with Crippen LogP contribution in [-0.4, -0.2) is 29.5 Å². The highest BCUT2D eigenvalue weighted by Gasteiger charge is 2.25. The fourth-order valence-corrected chi connectivity index (χ4v) is 3.50. The second kappa shape index (κ2) is 9.71. The number of aryl methyl sites for hydroxylation is 1. The molecular formula is C15H27Cl2N3OS. The number of carbonyl (C=O) groups excluding carboxylic acids is 1. The lowest BCUT2D eigenvalue weighted by Gasteiger charge is -2.30. The van der Waals surface area contributed by atoms with E-state index < -0.39 is 0 Å². The third kappa shape index (κ3) is 5.69. The van der Waals surface area contributed by atoms with E-state index in [1.807, 2.05) is 6.92 Å². The van der Waals surface area contributed by atoms with Gasteiger partial charge in [-0.1, -0.05) is 13.8 Å². The molecule has 1 fully saturated rings. The normalized spacial score (nSPS) is 21.0. The summed E-state index contributed by atoms with van der Waals surface area (Å²) in [6.07, 6.45) is 3.04. The number of carbonyl (C=O) groups is 1. The van der Waals surface area contributed by atoms with Gasteiger partial charge < -0.3 is 10.6 Å². The Balaban J connectivity index is 0.00000220. The molecule has 2 atom stereocenters. The molecule has 1 aliphatic rings.